The summed E-state index contributed by atoms with van der Waals surface area (Å²) in [4.78, 5) is 1.37. The fraction of sp³-hybridized carbons (Fsp3) is 0.233. The van der Waals surface area contributed by atoms with Crippen LogP contribution in [0.1, 0.15) is 38.8 Å². The minimum Gasteiger partial charge on any atom is -0.399 e. The summed E-state index contributed by atoms with van der Waals surface area (Å²) in [6.07, 6.45) is 6.91. The molecular weight excluding hydrogens is 431 g/mol. The Morgan fingerprint density at radius 1 is 0.706 bits per heavy atom. The summed E-state index contributed by atoms with van der Waals surface area (Å²) in [5, 5.41) is 2.69. The number of benzene rings is 3. The molecule has 1 radical (unpaired) electrons. The van der Waals surface area contributed by atoms with E-state index < -0.39 is 7.12 Å². The molecule has 0 N–H and O–H groups in total. The van der Waals surface area contributed by atoms with E-state index in [1.165, 1.54) is 31.9 Å². The largest absolute Gasteiger partial charge is 0.495 e. The zero-order chi connectivity index (χ0) is 23.6. The zero-order valence-corrected chi connectivity index (χ0v) is 21.1. The van der Waals surface area contributed by atoms with Crippen LogP contribution in [-0.4, -0.2) is 27.5 Å². The minimum atomic E-state index is -0.397. The van der Waals surface area contributed by atoms with Crippen LogP contribution in [0.3, 0.4) is 0 Å². The lowest BCUT2D eigenvalue weighted by Crippen LogP contribution is -2.47. The quantitative estimate of drug-likeness (QED) is 0.536. The van der Waals surface area contributed by atoms with E-state index in [0.29, 0.717) is 9.13 Å². The molecule has 0 unspecified atom stereocenters. The molecule has 34 heavy (non-hydrogen) atoms. The van der Waals surface area contributed by atoms with E-state index in [0.717, 1.165) is 5.46 Å². The predicted octanol–water partition coefficient (Wildman–Crippen LogP) is 4.55. The van der Waals surface area contributed by atoms with Crippen LogP contribution < -0.4 is 10.7 Å². The average molecular weight is 459 g/mol. The molecule has 0 aromatic heterocycles. The smallest absolute Gasteiger partial charge is 0.399 e. The molecule has 1 fully saturated rings. The first kappa shape index (κ1) is 21.7. The summed E-state index contributed by atoms with van der Waals surface area (Å²) in [7, 11) is 0.215. The van der Waals surface area contributed by atoms with Crippen molar-refractivity contribution in [1.82, 2.24) is 0 Å². The Balaban J connectivity index is 1.70. The van der Waals surface area contributed by atoms with Crippen molar-refractivity contribution < 1.29 is 9.31 Å². The van der Waals surface area contributed by atoms with Crippen LogP contribution in [0.5, 0.6) is 0 Å². The highest BCUT2D eigenvalue weighted by Gasteiger charge is 2.52. The van der Waals surface area contributed by atoms with Gasteiger partial charge in [0.05, 0.1) is 25.7 Å². The normalized spacial score (nSPS) is 21.0. The highest BCUT2D eigenvalue weighted by atomic mass is 28.2. The summed E-state index contributed by atoms with van der Waals surface area (Å²) in [5.41, 5.74) is 3.92. The summed E-state index contributed by atoms with van der Waals surface area (Å²) in [6.45, 7) is 8.49. The molecule has 0 saturated carbocycles. The molecule has 2 nitrogen and oxygen atoms in total. The van der Waals surface area contributed by atoms with Crippen molar-refractivity contribution in [3.8, 4) is 0 Å². The molecule has 1 aliphatic carbocycles. The van der Waals surface area contributed by atoms with E-state index in [1.807, 2.05) is 0 Å². The average Bonchev–Trinajstić information content (AvgIpc) is 3.33. The Morgan fingerprint density at radius 2 is 1.29 bits per heavy atom. The third kappa shape index (κ3) is 3.06. The lowest BCUT2D eigenvalue weighted by atomic mass is 9.65. The van der Waals surface area contributed by atoms with Gasteiger partial charge in [0.2, 0.25) is 0 Å². The number of rotatable bonds is 3. The van der Waals surface area contributed by atoms with Crippen LogP contribution in [-0.2, 0) is 14.7 Å². The molecule has 1 saturated heterocycles. The van der Waals surface area contributed by atoms with Crippen molar-refractivity contribution in [2.75, 3.05) is 0 Å². The van der Waals surface area contributed by atoms with Crippen molar-refractivity contribution in [2.24, 2.45) is 0 Å². The van der Waals surface area contributed by atoms with Gasteiger partial charge in [0, 0.05) is 0 Å². The third-order valence-electron chi connectivity index (χ3n) is 7.85. The second-order valence-corrected chi connectivity index (χ2v) is 11.7. The fourth-order valence-corrected chi connectivity index (χ4v) is 6.91. The minimum absolute atomic E-state index is 0.370. The standard InChI is InChI=1S/C30H28BO2Si/c1-28(2)29(3,4)33-31(32-28)23-17-11-18-24-26(23)27-25(34-24)19-12-20-30(27,21-13-7-5-8-14-21)22-15-9-6-10-16-22/h5-20H,1-4H3. The van der Waals surface area contributed by atoms with Crippen LogP contribution in [0.15, 0.2) is 102 Å². The van der Waals surface area contributed by atoms with Crippen LogP contribution in [0.4, 0.5) is 0 Å². The van der Waals surface area contributed by atoms with Gasteiger partial charge in [-0.1, -0.05) is 97.1 Å². The van der Waals surface area contributed by atoms with Gasteiger partial charge in [0.15, 0.2) is 0 Å². The topological polar surface area (TPSA) is 18.5 Å². The Hall–Kier alpha value is -2.79. The third-order valence-corrected chi connectivity index (χ3v) is 9.23. The molecule has 0 amide bonds. The van der Waals surface area contributed by atoms with Gasteiger partial charge < -0.3 is 9.31 Å². The maximum atomic E-state index is 6.56. The SMILES string of the molecule is CC1(C)OB(c2cccc3c2=C2C(=CC=CC2(c2ccccc2)c2ccccc2)[Si]=3)OC1(C)C. The summed E-state index contributed by atoms with van der Waals surface area (Å²) < 4.78 is 13.1. The maximum absolute atomic E-state index is 6.56. The van der Waals surface area contributed by atoms with Gasteiger partial charge in [0.25, 0.3) is 0 Å². The summed E-state index contributed by atoms with van der Waals surface area (Å²) in [6, 6.07) is 28.4. The summed E-state index contributed by atoms with van der Waals surface area (Å²) in [5.74, 6) is 0. The second-order valence-electron chi connectivity index (χ2n) is 10.3. The molecular formula is C30H28BO2Si. The monoisotopic (exact) mass is 459 g/mol. The second kappa shape index (κ2) is 7.61. The molecule has 3 aromatic carbocycles. The molecule has 4 heteroatoms. The van der Waals surface area contributed by atoms with E-state index in [4.69, 9.17) is 9.31 Å². The highest BCUT2D eigenvalue weighted by molar-refractivity contribution is 6.63. The first-order valence-corrected chi connectivity index (χ1v) is 13.0. The first-order chi connectivity index (χ1) is 16.3. The van der Waals surface area contributed by atoms with Gasteiger partial charge in [-0.2, -0.15) is 0 Å². The number of allylic oxidation sites excluding steroid dienone is 4. The van der Waals surface area contributed by atoms with E-state index in [1.54, 1.807) is 0 Å². The van der Waals surface area contributed by atoms with Crippen molar-refractivity contribution in [1.29, 1.82) is 0 Å². The lowest BCUT2D eigenvalue weighted by Gasteiger charge is -2.37. The number of fused-ring (bicyclic) bond motifs is 2. The Labute approximate surface area is 204 Å². The Bertz CT molecular complexity index is 1400. The maximum Gasteiger partial charge on any atom is 0.495 e. The fourth-order valence-electron chi connectivity index (χ4n) is 5.42. The van der Waals surface area contributed by atoms with Crippen LogP contribution in [0.25, 0.3) is 5.57 Å². The van der Waals surface area contributed by atoms with Crippen LogP contribution in [0.2, 0.25) is 0 Å². The van der Waals surface area contributed by atoms with Crippen molar-refractivity contribution >= 4 is 27.3 Å². The molecule has 2 aliphatic heterocycles. The lowest BCUT2D eigenvalue weighted by molar-refractivity contribution is 0.00578. The molecule has 2 heterocycles. The van der Waals surface area contributed by atoms with E-state index in [2.05, 4.69) is 125 Å². The number of hydrogen-bond acceptors (Lipinski definition) is 2. The molecule has 0 atom stereocenters. The molecule has 6 rings (SSSR count). The van der Waals surface area contributed by atoms with E-state index in [9.17, 15) is 0 Å². The number of hydrogen-bond donors (Lipinski definition) is 0. The highest BCUT2D eigenvalue weighted by Crippen LogP contribution is 2.46. The molecule has 0 spiro atoms. The van der Waals surface area contributed by atoms with Crippen molar-refractivity contribution in [3.05, 3.63) is 123 Å². The zero-order valence-electron chi connectivity index (χ0n) is 20.1. The van der Waals surface area contributed by atoms with E-state index in [-0.39, 0.29) is 16.6 Å². The molecule has 167 valence electrons. The van der Waals surface area contributed by atoms with E-state index >= 15 is 0 Å². The van der Waals surface area contributed by atoms with Gasteiger partial charge in [-0.3, -0.25) is 0 Å². The van der Waals surface area contributed by atoms with Crippen LogP contribution >= 0.6 is 0 Å². The van der Waals surface area contributed by atoms with Crippen molar-refractivity contribution in [2.45, 2.75) is 44.3 Å². The van der Waals surface area contributed by atoms with Gasteiger partial charge in [0.1, 0.15) is 0 Å². The van der Waals surface area contributed by atoms with Gasteiger partial charge >= 0.3 is 7.12 Å². The molecule has 3 aliphatic rings. The predicted molar refractivity (Wildman–Crippen MR) is 141 cm³/mol. The molecule has 0 bridgehead atoms. The van der Waals surface area contributed by atoms with Gasteiger partial charge in [-0.05, 0) is 65.1 Å². The Kier molecular flexibility index (Phi) is 4.86. The Morgan fingerprint density at radius 3 is 1.88 bits per heavy atom. The van der Waals surface area contributed by atoms with Crippen molar-refractivity contribution in [3.63, 3.8) is 0 Å². The first-order valence-electron chi connectivity index (χ1n) is 12.0. The summed E-state index contributed by atoms with van der Waals surface area (Å²) >= 11 is 0. The van der Waals surface area contributed by atoms with Crippen LogP contribution in [0, 0.1) is 4.81 Å². The molecule has 3 aromatic rings. The van der Waals surface area contributed by atoms with Gasteiger partial charge in [-0.25, -0.2) is 0 Å². The van der Waals surface area contributed by atoms with Gasteiger partial charge in [-0.15, -0.1) is 0 Å².